The summed E-state index contributed by atoms with van der Waals surface area (Å²) >= 11 is 0. The van der Waals surface area contributed by atoms with Crippen LogP contribution in [0.2, 0.25) is 0 Å². The van der Waals surface area contributed by atoms with Crippen molar-refractivity contribution in [2.24, 2.45) is 0 Å². The van der Waals surface area contributed by atoms with Crippen LogP contribution in [0, 0.1) is 0 Å². The number of rotatable bonds is 9. The van der Waals surface area contributed by atoms with Gasteiger partial charge in [-0.15, -0.1) is 0 Å². The molecule has 26 heavy (non-hydrogen) atoms. The van der Waals surface area contributed by atoms with Crippen LogP contribution in [0.25, 0.3) is 0 Å². The molecule has 0 radical (unpaired) electrons. The minimum absolute atomic E-state index is 0.0185. The number of aryl methyl sites for hydroxylation is 1. The molecule has 0 saturated carbocycles. The first-order valence-corrected chi connectivity index (χ1v) is 9.20. The first-order valence-electron chi connectivity index (χ1n) is 9.20. The summed E-state index contributed by atoms with van der Waals surface area (Å²) in [6.07, 6.45) is 1.55. The molecule has 2 aromatic rings. The van der Waals surface area contributed by atoms with E-state index in [1.54, 1.807) is 0 Å². The molecule has 2 aromatic carbocycles. The van der Waals surface area contributed by atoms with Crippen LogP contribution >= 0.6 is 0 Å². The number of hydrogen-bond acceptors (Lipinski definition) is 2. The van der Waals surface area contributed by atoms with Crippen molar-refractivity contribution in [3.05, 3.63) is 71.3 Å². The normalized spacial score (nSPS) is 13.0. The van der Waals surface area contributed by atoms with Crippen molar-refractivity contribution in [3.8, 4) is 0 Å². The SMILES string of the molecule is CCc1ccc(C[NH+](C)CC(=O)N[C@@H](Cc2ccccc2)C(C)=O)cc1. The van der Waals surface area contributed by atoms with Gasteiger partial charge in [0, 0.05) is 5.56 Å². The molecule has 0 heterocycles. The Labute approximate surface area is 156 Å². The van der Waals surface area contributed by atoms with E-state index in [0.29, 0.717) is 13.0 Å². The number of Topliss-reactive ketones (excluding diaryl/α,β-unsaturated/α-hetero) is 1. The summed E-state index contributed by atoms with van der Waals surface area (Å²) in [5.74, 6) is -0.112. The summed E-state index contributed by atoms with van der Waals surface area (Å²) in [6.45, 7) is 4.78. The van der Waals surface area contributed by atoms with Gasteiger partial charge in [-0.3, -0.25) is 9.59 Å². The topological polar surface area (TPSA) is 50.6 Å². The summed E-state index contributed by atoms with van der Waals surface area (Å²) in [5, 5.41) is 2.89. The smallest absolute Gasteiger partial charge is 0.275 e. The molecule has 0 aliphatic carbocycles. The van der Waals surface area contributed by atoms with E-state index in [1.807, 2.05) is 37.4 Å². The van der Waals surface area contributed by atoms with Crippen molar-refractivity contribution in [1.82, 2.24) is 5.32 Å². The molecule has 0 aliphatic rings. The second kappa shape index (κ2) is 9.88. The van der Waals surface area contributed by atoms with Crippen molar-refractivity contribution >= 4 is 11.7 Å². The molecule has 4 nitrogen and oxygen atoms in total. The third-order valence-electron chi connectivity index (χ3n) is 4.51. The van der Waals surface area contributed by atoms with Crippen LogP contribution in [0.15, 0.2) is 54.6 Å². The van der Waals surface area contributed by atoms with Gasteiger partial charge >= 0.3 is 0 Å². The third-order valence-corrected chi connectivity index (χ3v) is 4.51. The summed E-state index contributed by atoms with van der Waals surface area (Å²) < 4.78 is 0. The van der Waals surface area contributed by atoms with Crippen molar-refractivity contribution in [2.75, 3.05) is 13.6 Å². The number of hydrogen-bond donors (Lipinski definition) is 2. The number of likely N-dealkylation sites (N-methyl/N-ethyl adjacent to an activating group) is 1. The number of carbonyl (C=O) groups is 2. The monoisotopic (exact) mass is 353 g/mol. The third kappa shape index (κ3) is 6.45. The van der Waals surface area contributed by atoms with Gasteiger partial charge in [-0.1, -0.05) is 61.5 Å². The maximum atomic E-state index is 12.4. The first kappa shape index (κ1) is 19.9. The average Bonchev–Trinajstić information content (AvgIpc) is 2.62. The maximum absolute atomic E-state index is 12.4. The molecule has 0 aromatic heterocycles. The molecular formula is C22H29N2O2+. The molecule has 138 valence electrons. The molecule has 0 aliphatic heterocycles. The number of amides is 1. The van der Waals surface area contributed by atoms with Crippen LogP contribution in [0.1, 0.15) is 30.5 Å². The van der Waals surface area contributed by atoms with Gasteiger partial charge in [0.15, 0.2) is 12.3 Å². The van der Waals surface area contributed by atoms with Crippen LogP contribution in [0.3, 0.4) is 0 Å². The van der Waals surface area contributed by atoms with E-state index in [4.69, 9.17) is 0 Å². The second-order valence-electron chi connectivity index (χ2n) is 6.90. The van der Waals surface area contributed by atoms with Gasteiger partial charge in [0.2, 0.25) is 0 Å². The second-order valence-corrected chi connectivity index (χ2v) is 6.90. The Morgan fingerprint density at radius 2 is 1.58 bits per heavy atom. The fourth-order valence-corrected chi connectivity index (χ4v) is 2.97. The number of ketones is 1. The highest BCUT2D eigenvalue weighted by atomic mass is 16.2. The van der Waals surface area contributed by atoms with Crippen molar-refractivity contribution in [1.29, 1.82) is 0 Å². The van der Waals surface area contributed by atoms with Gasteiger partial charge in [0.05, 0.1) is 13.1 Å². The fraction of sp³-hybridized carbons (Fsp3) is 0.364. The van der Waals surface area contributed by atoms with Gasteiger partial charge in [-0.25, -0.2) is 0 Å². The van der Waals surface area contributed by atoms with E-state index in [1.165, 1.54) is 18.1 Å². The molecule has 2 atom stereocenters. The largest absolute Gasteiger partial charge is 0.341 e. The Kier molecular flexibility index (Phi) is 7.54. The fourth-order valence-electron chi connectivity index (χ4n) is 2.97. The quantitative estimate of drug-likeness (QED) is 0.719. The zero-order valence-electron chi connectivity index (χ0n) is 15.9. The first-order chi connectivity index (χ1) is 12.5. The van der Waals surface area contributed by atoms with Crippen LogP contribution in [0.4, 0.5) is 0 Å². The van der Waals surface area contributed by atoms with Gasteiger partial charge in [-0.05, 0) is 30.9 Å². The van der Waals surface area contributed by atoms with Gasteiger partial charge in [0.1, 0.15) is 6.54 Å². The van der Waals surface area contributed by atoms with Crippen LogP contribution < -0.4 is 10.2 Å². The van der Waals surface area contributed by atoms with Crippen molar-refractivity contribution in [2.45, 2.75) is 39.3 Å². The molecular weight excluding hydrogens is 324 g/mol. The number of quaternary nitrogens is 1. The molecule has 0 spiro atoms. The lowest BCUT2D eigenvalue weighted by Gasteiger charge is -2.18. The molecule has 4 heteroatoms. The minimum Gasteiger partial charge on any atom is -0.341 e. The van der Waals surface area contributed by atoms with E-state index >= 15 is 0 Å². The number of carbonyl (C=O) groups excluding carboxylic acids is 2. The highest BCUT2D eigenvalue weighted by Crippen LogP contribution is 2.05. The standard InChI is InChI=1S/C22H28N2O2/c1-4-18-10-12-20(13-11-18)15-24(3)16-22(26)23-21(17(2)25)14-19-8-6-5-7-9-19/h5-13,21H,4,14-16H2,1-3H3,(H,23,26)/p+1/t21-/m0/s1. The van der Waals surface area contributed by atoms with Gasteiger partial charge in [-0.2, -0.15) is 0 Å². The van der Waals surface area contributed by atoms with Crippen LogP contribution in [-0.2, 0) is 29.0 Å². The summed E-state index contributed by atoms with van der Waals surface area (Å²) in [5.41, 5.74) is 3.57. The Bertz CT molecular complexity index is 711. The lowest BCUT2D eigenvalue weighted by molar-refractivity contribution is -0.885. The lowest BCUT2D eigenvalue weighted by Crippen LogP contribution is -3.09. The summed E-state index contributed by atoms with van der Waals surface area (Å²) in [4.78, 5) is 25.4. The average molecular weight is 353 g/mol. The summed E-state index contributed by atoms with van der Waals surface area (Å²) in [7, 11) is 1.99. The Morgan fingerprint density at radius 3 is 2.15 bits per heavy atom. The van der Waals surface area contributed by atoms with E-state index in [2.05, 4.69) is 36.5 Å². The zero-order chi connectivity index (χ0) is 18.9. The number of nitrogens with one attached hydrogen (secondary N) is 2. The lowest BCUT2D eigenvalue weighted by atomic mass is 10.0. The van der Waals surface area contributed by atoms with E-state index in [9.17, 15) is 9.59 Å². The predicted octanol–water partition coefficient (Wildman–Crippen LogP) is 1.58. The minimum atomic E-state index is -0.471. The summed E-state index contributed by atoms with van der Waals surface area (Å²) in [6, 6.07) is 17.8. The predicted molar refractivity (Wildman–Crippen MR) is 104 cm³/mol. The highest BCUT2D eigenvalue weighted by molar-refractivity contribution is 5.88. The Morgan fingerprint density at radius 1 is 0.962 bits per heavy atom. The van der Waals surface area contributed by atoms with E-state index < -0.39 is 6.04 Å². The molecule has 1 amide bonds. The molecule has 1 unspecified atom stereocenters. The zero-order valence-corrected chi connectivity index (χ0v) is 15.9. The molecule has 0 saturated heterocycles. The molecule has 0 bridgehead atoms. The molecule has 0 fully saturated rings. The maximum Gasteiger partial charge on any atom is 0.275 e. The van der Waals surface area contributed by atoms with Crippen molar-refractivity contribution in [3.63, 3.8) is 0 Å². The van der Waals surface area contributed by atoms with E-state index in [-0.39, 0.29) is 11.7 Å². The van der Waals surface area contributed by atoms with E-state index in [0.717, 1.165) is 23.4 Å². The molecule has 2 rings (SSSR count). The van der Waals surface area contributed by atoms with Crippen molar-refractivity contribution < 1.29 is 14.5 Å². The Balaban J connectivity index is 1.87. The van der Waals surface area contributed by atoms with Gasteiger partial charge < -0.3 is 10.2 Å². The van der Waals surface area contributed by atoms with Crippen LogP contribution in [-0.4, -0.2) is 31.3 Å². The highest BCUT2D eigenvalue weighted by Gasteiger charge is 2.19. The molecule has 2 N–H and O–H groups in total. The number of benzene rings is 2. The van der Waals surface area contributed by atoms with Crippen LogP contribution in [0.5, 0.6) is 0 Å². The van der Waals surface area contributed by atoms with Gasteiger partial charge in [0.25, 0.3) is 5.91 Å². The Hall–Kier alpha value is -2.46.